The van der Waals surface area contributed by atoms with Gasteiger partial charge in [0, 0.05) is 16.3 Å². The van der Waals surface area contributed by atoms with Crippen molar-refractivity contribution in [3.05, 3.63) is 73.9 Å². The standard InChI is InChI=1S/C21H18F3N3O2S2/c22-13-3-4-14(20(24)19(13)23)26-17(28)10-25-18(29)11-27-7-5-15-12(6-9-31-15)21(27)16-2-1-8-30-16/h1-4,6,8-9,21H,5,7,10-11H2,(H,25,29)(H,26,28)/t21-/m1/s1. The molecule has 31 heavy (non-hydrogen) atoms. The minimum atomic E-state index is -1.67. The van der Waals surface area contributed by atoms with Crippen LogP contribution in [0.25, 0.3) is 0 Å². The third kappa shape index (κ3) is 4.65. The van der Waals surface area contributed by atoms with Crippen LogP contribution in [0, 0.1) is 17.5 Å². The number of amides is 2. The SMILES string of the molecule is O=C(CN1CCc2sccc2[C@@H]1c1cccs1)NCC(=O)Nc1ccc(F)c(F)c1F. The Hall–Kier alpha value is -2.69. The lowest BCUT2D eigenvalue weighted by atomic mass is 9.98. The summed E-state index contributed by atoms with van der Waals surface area (Å²) in [6, 6.07) is 7.71. The van der Waals surface area contributed by atoms with E-state index in [4.69, 9.17) is 0 Å². The van der Waals surface area contributed by atoms with Crippen LogP contribution in [-0.4, -0.2) is 36.3 Å². The van der Waals surface area contributed by atoms with Gasteiger partial charge in [-0.15, -0.1) is 22.7 Å². The largest absolute Gasteiger partial charge is 0.346 e. The summed E-state index contributed by atoms with van der Waals surface area (Å²) in [4.78, 5) is 29.0. The van der Waals surface area contributed by atoms with Crippen LogP contribution in [0.4, 0.5) is 18.9 Å². The number of nitrogens with one attached hydrogen (secondary N) is 2. The Labute approximate surface area is 184 Å². The number of nitrogens with zero attached hydrogens (tertiary/aromatic N) is 1. The van der Waals surface area contributed by atoms with Crippen LogP contribution < -0.4 is 10.6 Å². The van der Waals surface area contributed by atoms with E-state index in [2.05, 4.69) is 27.0 Å². The van der Waals surface area contributed by atoms with E-state index in [0.29, 0.717) is 12.6 Å². The van der Waals surface area contributed by atoms with Crippen LogP contribution in [0.2, 0.25) is 0 Å². The first kappa shape index (κ1) is 21.5. The lowest BCUT2D eigenvalue weighted by molar-refractivity contribution is -0.125. The Kier molecular flexibility index (Phi) is 6.40. The van der Waals surface area contributed by atoms with Gasteiger partial charge in [0.25, 0.3) is 0 Å². The van der Waals surface area contributed by atoms with E-state index >= 15 is 0 Å². The van der Waals surface area contributed by atoms with Gasteiger partial charge in [-0.3, -0.25) is 14.5 Å². The molecule has 0 radical (unpaired) electrons. The zero-order chi connectivity index (χ0) is 22.0. The van der Waals surface area contributed by atoms with Gasteiger partial charge >= 0.3 is 0 Å². The number of carbonyl (C=O) groups is 2. The first-order chi connectivity index (χ1) is 14.9. The monoisotopic (exact) mass is 465 g/mol. The van der Waals surface area contributed by atoms with Crippen LogP contribution >= 0.6 is 22.7 Å². The maximum Gasteiger partial charge on any atom is 0.243 e. The van der Waals surface area contributed by atoms with Crippen LogP contribution in [0.15, 0.2) is 41.1 Å². The Balaban J connectivity index is 1.36. The lowest BCUT2D eigenvalue weighted by Gasteiger charge is -2.34. The second kappa shape index (κ2) is 9.21. The second-order valence-corrected chi connectivity index (χ2v) is 8.97. The van der Waals surface area contributed by atoms with E-state index in [1.165, 1.54) is 10.4 Å². The molecule has 3 aromatic rings. The van der Waals surface area contributed by atoms with Gasteiger partial charge in [0.2, 0.25) is 11.8 Å². The third-order valence-electron chi connectivity index (χ3n) is 4.98. The van der Waals surface area contributed by atoms with Crippen molar-refractivity contribution in [2.24, 2.45) is 0 Å². The topological polar surface area (TPSA) is 61.4 Å². The predicted octanol–water partition coefficient (Wildman–Crippen LogP) is 3.93. The van der Waals surface area contributed by atoms with Crippen LogP contribution in [0.3, 0.4) is 0 Å². The number of hydrogen-bond acceptors (Lipinski definition) is 5. The fraction of sp³-hybridized carbons (Fsp3) is 0.238. The van der Waals surface area contributed by atoms with Crippen LogP contribution in [0.5, 0.6) is 0 Å². The summed E-state index contributed by atoms with van der Waals surface area (Å²) >= 11 is 3.33. The highest BCUT2D eigenvalue weighted by Crippen LogP contribution is 2.39. The molecule has 0 unspecified atom stereocenters. The maximum absolute atomic E-state index is 13.7. The average Bonchev–Trinajstić information content (AvgIpc) is 3.44. The molecule has 4 rings (SSSR count). The third-order valence-corrected chi connectivity index (χ3v) is 6.90. The molecule has 0 saturated carbocycles. The van der Waals surface area contributed by atoms with Crippen molar-refractivity contribution in [2.75, 3.05) is 25.0 Å². The molecule has 0 spiro atoms. The summed E-state index contributed by atoms with van der Waals surface area (Å²) in [5.41, 5.74) is 0.704. The normalized spacial score (nSPS) is 16.0. The first-order valence-corrected chi connectivity index (χ1v) is 11.2. The highest BCUT2D eigenvalue weighted by atomic mass is 32.1. The molecule has 5 nitrogen and oxygen atoms in total. The molecule has 1 aliphatic heterocycles. The first-order valence-electron chi connectivity index (χ1n) is 9.48. The molecule has 0 bridgehead atoms. The Bertz CT molecular complexity index is 1100. The molecule has 0 saturated heterocycles. The van der Waals surface area contributed by atoms with Crippen molar-refractivity contribution < 1.29 is 22.8 Å². The van der Waals surface area contributed by atoms with E-state index in [1.807, 2.05) is 17.5 Å². The van der Waals surface area contributed by atoms with Crippen LogP contribution in [-0.2, 0) is 16.0 Å². The molecule has 10 heteroatoms. The van der Waals surface area contributed by atoms with Gasteiger partial charge in [0.1, 0.15) is 0 Å². The van der Waals surface area contributed by atoms with Crippen molar-refractivity contribution in [1.29, 1.82) is 0 Å². The van der Waals surface area contributed by atoms with Crippen molar-refractivity contribution in [3.63, 3.8) is 0 Å². The summed E-state index contributed by atoms with van der Waals surface area (Å²) in [6.07, 6.45) is 0.845. The van der Waals surface area contributed by atoms with Gasteiger partial charge < -0.3 is 10.6 Å². The zero-order valence-electron chi connectivity index (χ0n) is 16.2. The number of hydrogen-bond donors (Lipinski definition) is 2. The average molecular weight is 466 g/mol. The molecule has 0 aliphatic carbocycles. The summed E-state index contributed by atoms with van der Waals surface area (Å²) < 4.78 is 39.9. The fourth-order valence-corrected chi connectivity index (χ4v) is 5.33. The van der Waals surface area contributed by atoms with Crippen molar-refractivity contribution >= 4 is 40.2 Å². The van der Waals surface area contributed by atoms with Gasteiger partial charge in [0.05, 0.1) is 24.8 Å². The molecular formula is C21H18F3N3O2S2. The molecule has 2 amide bonds. The van der Waals surface area contributed by atoms with E-state index < -0.39 is 35.6 Å². The number of fused-ring (bicyclic) bond motifs is 1. The Morgan fingerprint density at radius 3 is 2.65 bits per heavy atom. The zero-order valence-corrected chi connectivity index (χ0v) is 17.8. The molecular weight excluding hydrogens is 447 g/mol. The van der Waals surface area contributed by atoms with E-state index in [-0.39, 0.29) is 18.5 Å². The lowest BCUT2D eigenvalue weighted by Crippen LogP contribution is -2.44. The number of benzene rings is 1. The molecule has 1 aromatic carbocycles. The quantitative estimate of drug-likeness (QED) is 0.543. The number of thiophene rings is 2. The predicted molar refractivity (Wildman–Crippen MR) is 114 cm³/mol. The van der Waals surface area contributed by atoms with Crippen molar-refractivity contribution in [1.82, 2.24) is 10.2 Å². The highest BCUT2D eigenvalue weighted by Gasteiger charge is 2.31. The molecule has 2 N–H and O–H groups in total. The summed E-state index contributed by atoms with van der Waals surface area (Å²) in [5.74, 6) is -5.61. The number of carbonyl (C=O) groups excluding carboxylic acids is 2. The number of rotatable bonds is 6. The van der Waals surface area contributed by atoms with Crippen molar-refractivity contribution in [3.8, 4) is 0 Å². The number of anilines is 1. The molecule has 3 heterocycles. The maximum atomic E-state index is 13.7. The number of halogens is 3. The van der Waals surface area contributed by atoms with Gasteiger partial charge in [-0.2, -0.15) is 0 Å². The smallest absolute Gasteiger partial charge is 0.243 e. The molecule has 1 atom stereocenters. The van der Waals surface area contributed by atoms with E-state index in [0.717, 1.165) is 17.4 Å². The Morgan fingerprint density at radius 1 is 1.03 bits per heavy atom. The van der Waals surface area contributed by atoms with Crippen molar-refractivity contribution in [2.45, 2.75) is 12.5 Å². The minimum absolute atomic E-state index is 0.0223. The van der Waals surface area contributed by atoms with Crippen LogP contribution in [0.1, 0.15) is 21.4 Å². The summed E-state index contributed by atoms with van der Waals surface area (Å²) in [6.45, 7) is 0.374. The fourth-order valence-electron chi connectivity index (χ4n) is 3.55. The van der Waals surface area contributed by atoms with Gasteiger partial charge in [-0.1, -0.05) is 6.07 Å². The van der Waals surface area contributed by atoms with Gasteiger partial charge in [-0.05, 0) is 47.0 Å². The summed E-state index contributed by atoms with van der Waals surface area (Å²) in [5, 5.41) is 8.68. The minimum Gasteiger partial charge on any atom is -0.346 e. The molecule has 162 valence electrons. The molecule has 2 aromatic heterocycles. The Morgan fingerprint density at radius 2 is 1.87 bits per heavy atom. The van der Waals surface area contributed by atoms with Gasteiger partial charge in [-0.25, -0.2) is 13.2 Å². The molecule has 0 fully saturated rings. The van der Waals surface area contributed by atoms with E-state index in [1.54, 1.807) is 22.7 Å². The van der Waals surface area contributed by atoms with Gasteiger partial charge in [0.15, 0.2) is 17.5 Å². The molecule has 1 aliphatic rings. The summed E-state index contributed by atoms with van der Waals surface area (Å²) in [7, 11) is 0. The van der Waals surface area contributed by atoms with E-state index in [9.17, 15) is 22.8 Å². The highest BCUT2D eigenvalue weighted by molar-refractivity contribution is 7.10. The second-order valence-electron chi connectivity index (χ2n) is 6.99.